The van der Waals surface area contributed by atoms with E-state index >= 15 is 0 Å². The molecule has 184 valence electrons. The van der Waals surface area contributed by atoms with Crippen LogP contribution in [0.1, 0.15) is 64.7 Å². The number of allylic oxidation sites excluding steroid dienone is 4. The normalized spacial score (nSPS) is 14.1. The van der Waals surface area contributed by atoms with Crippen molar-refractivity contribution in [3.63, 3.8) is 0 Å². The Balaban J connectivity index is 0. The van der Waals surface area contributed by atoms with E-state index in [1.54, 1.807) is 7.11 Å². The molecule has 0 amide bonds. The zero-order valence-electron chi connectivity index (χ0n) is 24.3. The first kappa shape index (κ1) is 35.2. The molecular formula is C29H51OSi2Y. The zero-order valence-corrected chi connectivity index (χ0v) is 29.2. The van der Waals surface area contributed by atoms with Gasteiger partial charge in [-0.1, -0.05) is 105 Å². The summed E-state index contributed by atoms with van der Waals surface area (Å²) in [5.41, 5.74) is 6.40. The van der Waals surface area contributed by atoms with E-state index < -0.39 is 16.1 Å². The number of rotatable bonds is 3. The van der Waals surface area contributed by atoms with Crippen molar-refractivity contribution < 1.29 is 37.4 Å². The van der Waals surface area contributed by atoms with Crippen LogP contribution in [-0.2, 0) is 43.5 Å². The number of aryl methyl sites for hydroxylation is 1. The van der Waals surface area contributed by atoms with Gasteiger partial charge in [0, 0.05) is 11.1 Å². The number of benzene rings is 1. The van der Waals surface area contributed by atoms with Crippen LogP contribution >= 0.6 is 0 Å². The minimum atomic E-state index is -0.861. The maximum atomic E-state index is 5.87. The van der Waals surface area contributed by atoms with Gasteiger partial charge in [-0.25, -0.2) is 17.7 Å². The van der Waals surface area contributed by atoms with Gasteiger partial charge in [-0.3, -0.25) is 0 Å². The van der Waals surface area contributed by atoms with Crippen LogP contribution in [0, 0.1) is 26.1 Å². The van der Waals surface area contributed by atoms with Gasteiger partial charge in [-0.05, 0) is 17.8 Å². The fraction of sp³-hybridized carbons (Fsp3) is 0.586. The van der Waals surface area contributed by atoms with Crippen molar-refractivity contribution in [3.8, 4) is 5.75 Å². The quantitative estimate of drug-likeness (QED) is 0.265. The average molecular weight is 561 g/mol. The van der Waals surface area contributed by atoms with Crippen molar-refractivity contribution in [2.75, 3.05) is 7.11 Å². The van der Waals surface area contributed by atoms with Crippen LogP contribution < -0.4 is 4.74 Å². The van der Waals surface area contributed by atoms with Crippen LogP contribution in [0.2, 0.25) is 39.3 Å². The van der Waals surface area contributed by atoms with Crippen molar-refractivity contribution >= 4 is 16.1 Å². The Morgan fingerprint density at radius 2 is 1.24 bits per heavy atom. The molecule has 1 aliphatic carbocycles. The van der Waals surface area contributed by atoms with E-state index in [-0.39, 0.29) is 43.5 Å². The fourth-order valence-electron chi connectivity index (χ4n) is 3.18. The Morgan fingerprint density at radius 1 is 0.848 bits per heavy atom. The largest absolute Gasteiger partial charge is 3.00 e. The summed E-state index contributed by atoms with van der Waals surface area (Å²) in [7, 11) is 0.0652. The summed E-state index contributed by atoms with van der Waals surface area (Å²) < 4.78 is 5.87. The Labute approximate surface area is 235 Å². The van der Waals surface area contributed by atoms with E-state index in [9.17, 15) is 0 Å². The summed E-state index contributed by atoms with van der Waals surface area (Å²) >= 11 is 0. The first-order valence-electron chi connectivity index (χ1n) is 11.8. The maximum absolute atomic E-state index is 5.87. The number of hydrogen-bond acceptors (Lipinski definition) is 1. The molecule has 1 aromatic rings. The van der Waals surface area contributed by atoms with Gasteiger partial charge >= 0.3 is 32.7 Å². The number of methoxy groups -OCH3 is 1. The molecule has 0 spiro atoms. The monoisotopic (exact) mass is 560 g/mol. The van der Waals surface area contributed by atoms with Gasteiger partial charge < -0.3 is 17.8 Å². The van der Waals surface area contributed by atoms with E-state index in [1.807, 2.05) is 0 Å². The summed E-state index contributed by atoms with van der Waals surface area (Å²) in [4.78, 5) is 0. The van der Waals surface area contributed by atoms with Gasteiger partial charge in [0.1, 0.15) is 5.75 Å². The van der Waals surface area contributed by atoms with Crippen LogP contribution in [0.15, 0.2) is 29.4 Å². The third-order valence-electron chi connectivity index (χ3n) is 4.63. The van der Waals surface area contributed by atoms with Crippen molar-refractivity contribution in [2.45, 2.75) is 105 Å². The zero-order chi connectivity index (χ0) is 25.7. The second-order valence-electron chi connectivity index (χ2n) is 13.1. The Morgan fingerprint density at radius 3 is 1.55 bits per heavy atom. The topological polar surface area (TPSA) is 9.23 Å². The second-order valence-corrected chi connectivity index (χ2v) is 23.3. The summed E-state index contributed by atoms with van der Waals surface area (Å²) in [5, 5.41) is 0. The molecule has 2 rings (SSSR count). The molecule has 0 atom stereocenters. The van der Waals surface area contributed by atoms with Crippen LogP contribution in [0.5, 0.6) is 5.75 Å². The molecule has 1 aliphatic rings. The number of ether oxygens (including phenoxy) is 1. The third kappa shape index (κ3) is 14.3. The molecule has 1 aromatic carbocycles. The predicted molar refractivity (Wildman–Crippen MR) is 152 cm³/mol. The molecule has 0 aliphatic heterocycles. The molecule has 0 bridgehead atoms. The van der Waals surface area contributed by atoms with E-state index in [0.29, 0.717) is 0 Å². The molecule has 0 fully saturated rings. The number of hydrogen-bond donors (Lipinski definition) is 0. The van der Waals surface area contributed by atoms with Crippen molar-refractivity contribution in [1.82, 2.24) is 0 Å². The SMILES string of the molecule is COc1c(C(C)(C)C)cc(C)cc1C(C)(C)C1=[C-]C(C)=CC1.[CH2-][Si](C)(C)C.[CH2-][Si](C)(C)C.[Y+3]. The first-order valence-corrected chi connectivity index (χ1v) is 19.2. The molecule has 0 saturated heterocycles. The Bertz CT molecular complexity index is 790. The smallest absolute Gasteiger partial charge is 0.496 e. The molecule has 0 radical (unpaired) electrons. The van der Waals surface area contributed by atoms with Crippen LogP contribution in [0.25, 0.3) is 0 Å². The van der Waals surface area contributed by atoms with E-state index in [0.717, 1.165) is 12.2 Å². The average Bonchev–Trinajstić information content (AvgIpc) is 2.97. The van der Waals surface area contributed by atoms with Crippen molar-refractivity contribution in [3.05, 3.63) is 65.2 Å². The Hall–Kier alpha value is 0.0377. The van der Waals surface area contributed by atoms with Crippen LogP contribution in [0.4, 0.5) is 0 Å². The molecule has 0 heterocycles. The van der Waals surface area contributed by atoms with Gasteiger partial charge in [-0.15, -0.1) is 16.1 Å². The predicted octanol–water partition coefficient (Wildman–Crippen LogP) is 9.05. The first-order chi connectivity index (χ1) is 14.1. The molecule has 33 heavy (non-hydrogen) atoms. The van der Waals surface area contributed by atoms with Gasteiger partial charge in [0.05, 0.1) is 7.11 Å². The van der Waals surface area contributed by atoms with E-state index in [1.165, 1.54) is 27.8 Å². The second kappa shape index (κ2) is 13.4. The summed E-state index contributed by atoms with van der Waals surface area (Å²) in [6, 6.07) is 4.53. The Kier molecular flexibility index (Phi) is 14.3. The minimum Gasteiger partial charge on any atom is -0.496 e. The van der Waals surface area contributed by atoms with Crippen LogP contribution in [0.3, 0.4) is 0 Å². The van der Waals surface area contributed by atoms with Gasteiger partial charge in [0.25, 0.3) is 0 Å². The summed E-state index contributed by atoms with van der Waals surface area (Å²) in [5.74, 6) is 1.03. The van der Waals surface area contributed by atoms with E-state index in [2.05, 4.69) is 125 Å². The van der Waals surface area contributed by atoms with E-state index in [4.69, 9.17) is 4.74 Å². The van der Waals surface area contributed by atoms with Gasteiger partial charge in [-0.2, -0.15) is 5.57 Å². The molecule has 4 heteroatoms. The fourth-order valence-corrected chi connectivity index (χ4v) is 3.18. The van der Waals surface area contributed by atoms with Crippen molar-refractivity contribution in [1.29, 1.82) is 0 Å². The molecule has 1 nitrogen and oxygen atoms in total. The molecule has 0 unspecified atom stereocenters. The van der Waals surface area contributed by atoms with Crippen LogP contribution in [-0.4, -0.2) is 23.3 Å². The van der Waals surface area contributed by atoms with Gasteiger partial charge in [0.15, 0.2) is 0 Å². The standard InChI is InChI=1S/C21H29O.2C4H11Si.Y/c1-14-9-10-16(11-14)21(6,7)18-13-15(2)12-17(19(18)22-8)20(3,4)5;2*1-5(2,3)4;/h9,12-13H,10H2,1-8H3;2*1H2,2-4H3;/q3*-1;+3. The molecular weight excluding hydrogens is 509 g/mol. The summed E-state index contributed by atoms with van der Waals surface area (Å²) in [6.45, 7) is 36.7. The minimum absolute atomic E-state index is 0. The third-order valence-corrected chi connectivity index (χ3v) is 4.63. The summed E-state index contributed by atoms with van der Waals surface area (Å²) in [6.07, 6.45) is 6.78. The molecule has 0 saturated carbocycles. The van der Waals surface area contributed by atoms with Crippen molar-refractivity contribution in [2.24, 2.45) is 0 Å². The maximum Gasteiger partial charge on any atom is 3.00 e. The molecule has 0 aromatic heterocycles. The van der Waals surface area contributed by atoms with Gasteiger partial charge in [0.2, 0.25) is 0 Å². The molecule has 0 N–H and O–H groups in total.